The molecule has 3 heterocycles. The van der Waals surface area contributed by atoms with E-state index in [1.165, 1.54) is 30.3 Å². The van der Waals surface area contributed by atoms with Gasteiger partial charge < -0.3 is 20.1 Å². The van der Waals surface area contributed by atoms with Gasteiger partial charge in [-0.2, -0.15) is 13.2 Å². The Kier molecular flexibility index (Phi) is 7.33. The van der Waals surface area contributed by atoms with E-state index in [1.807, 2.05) is 7.05 Å². The fourth-order valence-electron chi connectivity index (χ4n) is 5.20. The molecule has 8 nitrogen and oxygen atoms in total. The van der Waals surface area contributed by atoms with Gasteiger partial charge in [-0.1, -0.05) is 18.2 Å². The van der Waals surface area contributed by atoms with Crippen LogP contribution in [0, 0.1) is 13.8 Å². The summed E-state index contributed by atoms with van der Waals surface area (Å²) in [5.74, 6) is -1.16. The number of alkyl halides is 3. The van der Waals surface area contributed by atoms with Crippen molar-refractivity contribution in [2.45, 2.75) is 30.7 Å². The van der Waals surface area contributed by atoms with Crippen LogP contribution in [-0.2, 0) is 26.6 Å². The Bertz CT molecular complexity index is 1680. The molecular formula is C29H29F3N4O4S. The molecule has 2 N–H and O–H groups in total. The number of fused-ring (bicyclic) bond motifs is 1. The van der Waals surface area contributed by atoms with Crippen molar-refractivity contribution in [1.29, 1.82) is 0 Å². The predicted octanol–water partition coefficient (Wildman–Crippen LogP) is 4.50. The highest BCUT2D eigenvalue weighted by Gasteiger charge is 2.32. The van der Waals surface area contributed by atoms with Gasteiger partial charge in [0, 0.05) is 48.8 Å². The zero-order valence-corrected chi connectivity index (χ0v) is 23.5. The highest BCUT2D eigenvalue weighted by atomic mass is 32.2. The minimum Gasteiger partial charge on any atom is -0.358 e. The first kappa shape index (κ1) is 28.6. The van der Waals surface area contributed by atoms with Crippen LogP contribution in [0.3, 0.4) is 0 Å². The minimum atomic E-state index is -4.59. The maximum atomic E-state index is 13.3. The van der Waals surface area contributed by atoms with Gasteiger partial charge in [-0.3, -0.25) is 9.59 Å². The van der Waals surface area contributed by atoms with Crippen molar-refractivity contribution in [3.05, 3.63) is 81.7 Å². The van der Waals surface area contributed by atoms with Gasteiger partial charge in [0.1, 0.15) is 0 Å². The van der Waals surface area contributed by atoms with Gasteiger partial charge in [0.2, 0.25) is 0 Å². The number of hydrogen-bond donors (Lipinski definition) is 2. The number of carbonyl (C=O) groups is 2. The quantitative estimate of drug-likeness (QED) is 0.429. The van der Waals surface area contributed by atoms with Crippen molar-refractivity contribution < 1.29 is 31.2 Å². The van der Waals surface area contributed by atoms with E-state index >= 15 is 0 Å². The zero-order valence-electron chi connectivity index (χ0n) is 22.7. The van der Waals surface area contributed by atoms with Crippen molar-refractivity contribution in [2.24, 2.45) is 0 Å². The summed E-state index contributed by atoms with van der Waals surface area (Å²) in [5, 5.41) is 2.72. The molecule has 12 heteroatoms. The Balaban J connectivity index is 1.46. The van der Waals surface area contributed by atoms with Crippen LogP contribution < -0.4 is 5.32 Å². The summed E-state index contributed by atoms with van der Waals surface area (Å²) in [6, 6.07) is 8.33. The summed E-state index contributed by atoms with van der Waals surface area (Å²) in [6.45, 7) is 6.37. The van der Waals surface area contributed by atoms with Crippen molar-refractivity contribution in [3.8, 4) is 0 Å². The maximum absolute atomic E-state index is 13.3. The summed E-state index contributed by atoms with van der Waals surface area (Å²) in [5.41, 5.74) is 2.46. The van der Waals surface area contributed by atoms with Crippen molar-refractivity contribution in [1.82, 2.24) is 14.8 Å². The number of rotatable bonds is 5. The molecule has 0 radical (unpaired) electrons. The number of halogens is 3. The van der Waals surface area contributed by atoms with E-state index in [1.54, 1.807) is 24.8 Å². The monoisotopic (exact) mass is 586 g/mol. The fraction of sp³-hybridized carbons (Fsp3) is 0.310. The SMILES string of the molecule is Cc1[nH]c(/C=C2\C(=O)Nc3ccc(S(=O)(=O)Cc4cccc(C(F)(F)F)c4)cc32)c(C)c1C(=O)N1CCN(C)CC1. The van der Waals surface area contributed by atoms with Gasteiger partial charge in [0.25, 0.3) is 11.8 Å². The summed E-state index contributed by atoms with van der Waals surface area (Å²) in [4.78, 5) is 33.2. The molecule has 2 aromatic carbocycles. The summed E-state index contributed by atoms with van der Waals surface area (Å²) in [7, 11) is -2.04. The van der Waals surface area contributed by atoms with E-state index in [0.717, 1.165) is 25.2 Å². The largest absolute Gasteiger partial charge is 0.416 e. The first-order chi connectivity index (χ1) is 19.2. The Morgan fingerprint density at radius 3 is 2.44 bits per heavy atom. The Labute approximate surface area is 235 Å². The molecule has 0 saturated carbocycles. The first-order valence-electron chi connectivity index (χ1n) is 13.0. The molecule has 2 aliphatic rings. The molecular weight excluding hydrogens is 557 g/mol. The molecule has 0 atom stereocenters. The summed E-state index contributed by atoms with van der Waals surface area (Å²) < 4.78 is 65.8. The first-order valence-corrected chi connectivity index (χ1v) is 14.6. The number of nitrogens with zero attached hydrogens (tertiary/aromatic N) is 2. The molecule has 5 rings (SSSR count). The third kappa shape index (κ3) is 5.66. The molecule has 0 spiro atoms. The summed E-state index contributed by atoms with van der Waals surface area (Å²) >= 11 is 0. The van der Waals surface area contributed by atoms with E-state index in [2.05, 4.69) is 15.2 Å². The highest BCUT2D eigenvalue weighted by Crippen LogP contribution is 2.37. The standard InChI is InChI=1S/C29H29F3N4O4S/c1-17-25(33-18(2)26(17)28(38)36-11-9-35(3)10-12-36)15-23-22-14-21(7-8-24(22)34-27(23)37)41(39,40)16-19-5-4-6-20(13-19)29(30,31)32/h4-8,13-15,33H,9-12,16H2,1-3H3,(H,34,37)/b23-15-. The number of aromatic amines is 1. The number of H-pyrrole nitrogens is 1. The van der Waals surface area contributed by atoms with E-state index in [9.17, 15) is 31.2 Å². The number of nitrogens with one attached hydrogen (secondary N) is 2. The number of benzene rings is 2. The number of amides is 2. The molecule has 0 aliphatic carbocycles. The number of aromatic nitrogens is 1. The fourth-order valence-corrected chi connectivity index (χ4v) is 6.55. The van der Waals surface area contributed by atoms with Gasteiger partial charge in [-0.15, -0.1) is 0 Å². The number of hydrogen-bond acceptors (Lipinski definition) is 5. The van der Waals surface area contributed by atoms with Crippen LogP contribution in [-0.4, -0.2) is 68.2 Å². The highest BCUT2D eigenvalue weighted by molar-refractivity contribution is 7.90. The lowest BCUT2D eigenvalue weighted by atomic mass is 10.0. The van der Waals surface area contributed by atoms with Crippen LogP contribution in [0.15, 0.2) is 47.4 Å². The molecule has 0 bridgehead atoms. The average Bonchev–Trinajstić information content (AvgIpc) is 3.37. The normalized spacial score (nSPS) is 17.2. The van der Waals surface area contributed by atoms with E-state index in [-0.39, 0.29) is 21.9 Å². The second kappa shape index (κ2) is 10.5. The molecule has 0 unspecified atom stereocenters. The minimum absolute atomic E-state index is 0.000299. The van der Waals surface area contributed by atoms with Crippen LogP contribution >= 0.6 is 0 Å². The van der Waals surface area contributed by atoms with E-state index in [4.69, 9.17) is 0 Å². The maximum Gasteiger partial charge on any atom is 0.416 e. The second-order valence-corrected chi connectivity index (χ2v) is 12.4. The van der Waals surface area contributed by atoms with Crippen LogP contribution in [0.2, 0.25) is 0 Å². The zero-order chi connectivity index (χ0) is 29.7. The van der Waals surface area contributed by atoms with Crippen LogP contribution in [0.25, 0.3) is 11.6 Å². The van der Waals surface area contributed by atoms with Crippen molar-refractivity contribution in [3.63, 3.8) is 0 Å². The van der Waals surface area contributed by atoms with Crippen molar-refractivity contribution >= 4 is 39.0 Å². The number of likely N-dealkylation sites (N-methyl/N-ethyl adjacent to an activating group) is 1. The number of anilines is 1. The topological polar surface area (TPSA) is 103 Å². The van der Waals surface area contributed by atoms with Crippen LogP contribution in [0.1, 0.15) is 44.0 Å². The van der Waals surface area contributed by atoms with E-state index in [0.29, 0.717) is 46.9 Å². The Morgan fingerprint density at radius 2 is 1.76 bits per heavy atom. The number of aryl methyl sites for hydroxylation is 1. The van der Waals surface area contributed by atoms with Gasteiger partial charge in [-0.05, 0) is 62.4 Å². The molecule has 41 heavy (non-hydrogen) atoms. The number of sulfone groups is 1. The van der Waals surface area contributed by atoms with Gasteiger partial charge in [-0.25, -0.2) is 8.42 Å². The smallest absolute Gasteiger partial charge is 0.358 e. The van der Waals surface area contributed by atoms with Crippen LogP contribution in [0.5, 0.6) is 0 Å². The lowest BCUT2D eigenvalue weighted by Crippen LogP contribution is -2.47. The molecule has 216 valence electrons. The molecule has 3 aromatic rings. The lowest BCUT2D eigenvalue weighted by Gasteiger charge is -2.32. The Morgan fingerprint density at radius 1 is 1.05 bits per heavy atom. The lowest BCUT2D eigenvalue weighted by molar-refractivity contribution is -0.137. The summed E-state index contributed by atoms with van der Waals surface area (Å²) in [6.07, 6.45) is -3.00. The molecule has 2 amide bonds. The van der Waals surface area contributed by atoms with Crippen molar-refractivity contribution in [2.75, 3.05) is 38.5 Å². The van der Waals surface area contributed by atoms with Crippen LogP contribution in [0.4, 0.5) is 18.9 Å². The van der Waals surface area contributed by atoms with Gasteiger partial charge in [0.15, 0.2) is 9.84 Å². The number of piperazine rings is 1. The average molecular weight is 587 g/mol. The molecule has 1 aromatic heterocycles. The van der Waals surface area contributed by atoms with Gasteiger partial charge >= 0.3 is 6.18 Å². The van der Waals surface area contributed by atoms with Gasteiger partial charge in [0.05, 0.1) is 27.3 Å². The molecule has 1 fully saturated rings. The van der Waals surface area contributed by atoms with E-state index < -0.39 is 33.2 Å². The number of carbonyl (C=O) groups excluding carboxylic acids is 2. The molecule has 2 aliphatic heterocycles. The Hall–Kier alpha value is -3.90. The molecule has 1 saturated heterocycles. The predicted molar refractivity (Wildman–Crippen MR) is 149 cm³/mol. The second-order valence-electron chi connectivity index (χ2n) is 10.4. The third-order valence-corrected chi connectivity index (χ3v) is 9.20. The third-order valence-electron chi connectivity index (χ3n) is 7.51.